The van der Waals surface area contributed by atoms with E-state index in [2.05, 4.69) is 365 Å². The molecule has 566 valence electrons. The first-order chi connectivity index (χ1) is 57.9. The summed E-state index contributed by atoms with van der Waals surface area (Å²) in [5.74, 6) is 0. The van der Waals surface area contributed by atoms with Gasteiger partial charge in [-0.25, -0.2) is 9.97 Å². The summed E-state index contributed by atoms with van der Waals surface area (Å²) in [5.41, 5.74) is 17.6. The molecule has 0 saturated carbocycles. The zero-order chi connectivity index (χ0) is 79.2. The normalized spacial score (nSPS) is 13.1. The van der Waals surface area contributed by atoms with E-state index in [1.165, 1.54) is 114 Å². The first-order valence-corrected chi connectivity index (χ1v) is 40.7. The van der Waals surface area contributed by atoms with Crippen molar-refractivity contribution in [1.82, 2.24) is 19.9 Å². The third kappa shape index (κ3) is 13.1. The Hall–Kier alpha value is -14.0. The highest BCUT2D eigenvalue weighted by Crippen LogP contribution is 2.48. The van der Waals surface area contributed by atoms with Crippen LogP contribution in [0.4, 0.5) is 0 Å². The minimum Gasteiger partial charge on any atom is -0.399 e. The third-order valence-electron chi connectivity index (χ3n) is 24.3. The van der Waals surface area contributed by atoms with E-state index in [-0.39, 0.29) is 25.7 Å². The van der Waals surface area contributed by atoms with Gasteiger partial charge >= 0.3 is 7.12 Å². The first kappa shape index (κ1) is 73.8. The molecule has 119 heavy (non-hydrogen) atoms. The van der Waals surface area contributed by atoms with Crippen LogP contribution in [0, 0.1) is 0 Å². The van der Waals surface area contributed by atoms with Crippen molar-refractivity contribution in [3.63, 3.8) is 0 Å². The number of fused-ring (bicyclic) bond motifs is 18. The van der Waals surface area contributed by atoms with Gasteiger partial charge in [0, 0.05) is 56.2 Å². The van der Waals surface area contributed by atoms with Crippen LogP contribution in [0.2, 0.25) is 5.02 Å². The summed E-state index contributed by atoms with van der Waals surface area (Å²) in [4.78, 5) is 20.0. The van der Waals surface area contributed by atoms with Crippen LogP contribution in [0.5, 0.6) is 0 Å². The number of hydrogen-bond acceptors (Lipinski definition) is 6. The fourth-order valence-corrected chi connectivity index (χ4v) is 18.0. The van der Waals surface area contributed by atoms with Crippen LogP contribution in [0.25, 0.3) is 208 Å². The van der Waals surface area contributed by atoms with Gasteiger partial charge in [-0.3, -0.25) is 9.97 Å². The molecule has 5 heterocycles. The van der Waals surface area contributed by atoms with E-state index in [0.29, 0.717) is 5.02 Å². The Kier molecular flexibility index (Phi) is 18.7. The van der Waals surface area contributed by atoms with Crippen molar-refractivity contribution in [2.45, 2.75) is 46.3 Å². The molecule has 4 aromatic heterocycles. The molecule has 1 aliphatic heterocycles. The van der Waals surface area contributed by atoms with E-state index in [1.54, 1.807) is 6.20 Å². The predicted molar refractivity (Wildman–Crippen MR) is 506 cm³/mol. The van der Waals surface area contributed by atoms with Crippen LogP contribution in [0.15, 0.2) is 389 Å². The third-order valence-corrected chi connectivity index (χ3v) is 24.7. The maximum Gasteiger partial charge on any atom is 0.494 e. The molecule has 0 bridgehead atoms. The van der Waals surface area contributed by atoms with Gasteiger partial charge in [-0.05, 0) is 236 Å². The Balaban J connectivity index is 0.000000124. The van der Waals surface area contributed by atoms with E-state index in [0.717, 1.165) is 99.8 Å². The number of nitrogens with zero attached hydrogens (tertiary/aromatic N) is 4. The molecular weight excluding hydrogens is 1470 g/mol. The lowest BCUT2D eigenvalue weighted by Gasteiger charge is -2.32. The standard InChI is InChI=1S/C52H32N2.C41H24ClN.C17H20BNO2.CH4/c1-3-15-37-35(13-1)29-46(41-19-7-5-17-39(37)41)47-31-49-45(33-24-26-34(27-25-33)50-23-11-12-28-53-50)32-51(54-52(49)44-22-10-9-21-43(44)47)48-30-36-14-2-4-16-38(36)40-18-6-8-20-42(40)48;42-39-24-40(37-22-26-12-2-4-14-28(26)30-16-6-8-18-32(30)37)43-41-34-20-10-9-19-33(34)36(23-38(39)41)35-21-25-11-1-3-13-27(25)29-15-5-7-17-31(29)35;1-16(2)17(3,4)21-18(20-16)14-10-8-13(9-11-14)15-7-5-6-12-19-15;/h1-32H;1-24H;5-12H,1-4H3;1H4. The van der Waals surface area contributed by atoms with Crippen molar-refractivity contribution in [3.8, 4) is 78.4 Å². The molecular formula is C111H80BClN4O2. The second-order valence-corrected chi connectivity index (χ2v) is 32.2. The van der Waals surface area contributed by atoms with Gasteiger partial charge in [0.25, 0.3) is 0 Å². The van der Waals surface area contributed by atoms with Crippen molar-refractivity contribution in [1.29, 1.82) is 0 Å². The fourth-order valence-electron chi connectivity index (χ4n) is 17.8. The Morgan fingerprint density at radius 1 is 0.235 bits per heavy atom. The molecule has 0 unspecified atom stereocenters. The van der Waals surface area contributed by atoms with E-state index < -0.39 is 0 Å². The van der Waals surface area contributed by atoms with E-state index >= 15 is 0 Å². The van der Waals surface area contributed by atoms with Gasteiger partial charge in [0.05, 0.1) is 50.0 Å². The van der Waals surface area contributed by atoms with Crippen LogP contribution in [-0.2, 0) is 9.31 Å². The molecule has 1 fully saturated rings. The van der Waals surface area contributed by atoms with Gasteiger partial charge in [0.15, 0.2) is 0 Å². The fraction of sp³-hybridized carbons (Fsp3) is 0.0631. The summed E-state index contributed by atoms with van der Waals surface area (Å²) in [7, 11) is -0.312. The molecule has 8 heteroatoms. The van der Waals surface area contributed by atoms with Crippen molar-refractivity contribution in [3.05, 3.63) is 394 Å². The van der Waals surface area contributed by atoms with Gasteiger partial charge in [0.2, 0.25) is 0 Å². The molecule has 0 aliphatic carbocycles. The smallest absolute Gasteiger partial charge is 0.399 e. The van der Waals surface area contributed by atoms with Crippen LogP contribution >= 0.6 is 11.6 Å². The second kappa shape index (κ2) is 30.2. The molecule has 23 rings (SSSR count). The highest BCUT2D eigenvalue weighted by atomic mass is 35.5. The zero-order valence-corrected chi connectivity index (χ0v) is 66.3. The lowest BCUT2D eigenvalue weighted by atomic mass is 9.79. The lowest BCUT2D eigenvalue weighted by molar-refractivity contribution is 0.00578. The van der Waals surface area contributed by atoms with Crippen LogP contribution in [0.3, 0.4) is 0 Å². The summed E-state index contributed by atoms with van der Waals surface area (Å²) >= 11 is 7.21. The van der Waals surface area contributed by atoms with Gasteiger partial charge in [0.1, 0.15) is 0 Å². The molecule has 22 aromatic rings. The average Bonchev–Trinajstić information content (AvgIpc) is 1.38. The Bertz CT molecular complexity index is 7750. The van der Waals surface area contributed by atoms with Crippen molar-refractivity contribution in [2.24, 2.45) is 0 Å². The maximum atomic E-state index is 7.21. The SMILES string of the molecule is C.CC1(C)OB(c2ccc(-c3ccccn3)cc2)OC1(C)C.Clc1cc(-c2cc3ccccc3c3ccccc23)nc2c1cc(-c1cc3ccccc3c3ccccc13)c1ccccc12.c1ccc(-c2ccc(-c3cc(-c4cc5ccccc5c5ccccc45)nc4c3cc(-c3cc5ccccc5c5ccccc35)c3ccccc34)cc2)nc1. The van der Waals surface area contributed by atoms with E-state index in [9.17, 15) is 0 Å². The summed E-state index contributed by atoms with van der Waals surface area (Å²) in [5, 5.41) is 27.1. The zero-order valence-electron chi connectivity index (χ0n) is 65.5. The van der Waals surface area contributed by atoms with Crippen LogP contribution in [0.1, 0.15) is 35.1 Å². The molecule has 0 atom stereocenters. The molecule has 18 aromatic carbocycles. The first-order valence-electron chi connectivity index (χ1n) is 40.3. The van der Waals surface area contributed by atoms with E-state index in [4.69, 9.17) is 30.9 Å². The number of benzene rings is 18. The Morgan fingerprint density at radius 2 is 0.521 bits per heavy atom. The van der Waals surface area contributed by atoms with Gasteiger partial charge in [-0.1, -0.05) is 322 Å². The van der Waals surface area contributed by atoms with Gasteiger partial charge < -0.3 is 9.31 Å². The van der Waals surface area contributed by atoms with Gasteiger partial charge in [-0.15, -0.1) is 0 Å². The topological polar surface area (TPSA) is 70.0 Å². The number of halogens is 1. The maximum absolute atomic E-state index is 7.21. The van der Waals surface area contributed by atoms with Gasteiger partial charge in [-0.2, -0.15) is 0 Å². The minimum absolute atomic E-state index is 0. The second-order valence-electron chi connectivity index (χ2n) is 31.8. The number of pyridine rings is 4. The number of rotatable bonds is 8. The molecule has 0 amide bonds. The van der Waals surface area contributed by atoms with Crippen molar-refractivity contribution < 1.29 is 9.31 Å². The molecule has 1 aliphatic rings. The summed E-state index contributed by atoms with van der Waals surface area (Å²) < 4.78 is 12.1. The minimum atomic E-state index is -0.312. The monoisotopic (exact) mass is 1550 g/mol. The summed E-state index contributed by atoms with van der Waals surface area (Å²) in [6.07, 6.45) is 3.65. The largest absolute Gasteiger partial charge is 0.494 e. The van der Waals surface area contributed by atoms with Crippen LogP contribution < -0.4 is 5.46 Å². The molecule has 0 N–H and O–H groups in total. The highest BCUT2D eigenvalue weighted by Gasteiger charge is 2.51. The van der Waals surface area contributed by atoms with Crippen molar-refractivity contribution in [2.75, 3.05) is 0 Å². The lowest BCUT2D eigenvalue weighted by Crippen LogP contribution is -2.41. The van der Waals surface area contributed by atoms with E-state index in [1.807, 2.05) is 54.7 Å². The predicted octanol–water partition coefficient (Wildman–Crippen LogP) is 29.7. The Labute approximate surface area is 696 Å². The molecule has 1 saturated heterocycles. The highest BCUT2D eigenvalue weighted by molar-refractivity contribution is 6.62. The molecule has 6 nitrogen and oxygen atoms in total. The average molecular weight is 1550 g/mol. The summed E-state index contributed by atoms with van der Waals surface area (Å²) in [6, 6.07) is 134. The Morgan fingerprint density at radius 3 is 0.908 bits per heavy atom. The van der Waals surface area contributed by atoms with Crippen LogP contribution in [-0.4, -0.2) is 38.3 Å². The summed E-state index contributed by atoms with van der Waals surface area (Å²) in [6.45, 7) is 8.26. The number of aromatic nitrogens is 4. The molecule has 0 radical (unpaired) electrons. The molecule has 0 spiro atoms. The van der Waals surface area contributed by atoms with Crippen molar-refractivity contribution >= 4 is 154 Å². The number of hydrogen-bond donors (Lipinski definition) is 0. The quantitative estimate of drug-likeness (QED) is 0.112.